The molecule has 0 heterocycles. The van der Waals surface area contributed by atoms with Crippen LogP contribution in [0.5, 0.6) is 0 Å². The number of rotatable bonds is 3. The highest BCUT2D eigenvalue weighted by molar-refractivity contribution is 5.18. The maximum absolute atomic E-state index is 12.8. The van der Waals surface area contributed by atoms with Gasteiger partial charge in [0.15, 0.2) is 0 Å². The summed E-state index contributed by atoms with van der Waals surface area (Å²) >= 11 is 0. The molecule has 5 heteroatoms. The molecule has 0 aromatic heterocycles. The second-order valence-corrected chi connectivity index (χ2v) is 4.06. The van der Waals surface area contributed by atoms with Crippen LogP contribution in [-0.2, 0) is 6.54 Å². The molecule has 0 aliphatic heterocycles. The minimum atomic E-state index is -4.22. The van der Waals surface area contributed by atoms with Crippen LogP contribution in [0.4, 0.5) is 17.6 Å². The Kier molecular flexibility index (Phi) is 2.66. The van der Waals surface area contributed by atoms with Crippen molar-refractivity contribution in [2.45, 2.75) is 31.1 Å². The van der Waals surface area contributed by atoms with Crippen molar-refractivity contribution in [3.8, 4) is 0 Å². The van der Waals surface area contributed by atoms with E-state index >= 15 is 0 Å². The van der Waals surface area contributed by atoms with Crippen molar-refractivity contribution in [2.24, 2.45) is 0 Å². The lowest BCUT2D eigenvalue weighted by atomic mass is 10.2. The van der Waals surface area contributed by atoms with Crippen LogP contribution in [-0.4, -0.2) is 11.7 Å². The lowest BCUT2D eigenvalue weighted by Gasteiger charge is -2.20. The first-order valence-electron chi connectivity index (χ1n) is 4.99. The standard InChI is InChI=1S/C11H11F4N/c12-9-3-1-2-8(6-9)7-16-10(4-5-10)11(13,14)15/h1-3,6,16H,4-5,7H2. The number of nitrogens with one attached hydrogen (secondary N) is 1. The summed E-state index contributed by atoms with van der Waals surface area (Å²) in [6.45, 7) is 0.0390. The number of halogens is 4. The van der Waals surface area contributed by atoms with E-state index < -0.39 is 17.5 Å². The molecular weight excluding hydrogens is 222 g/mol. The van der Waals surface area contributed by atoms with Crippen LogP contribution < -0.4 is 5.32 Å². The van der Waals surface area contributed by atoms with Gasteiger partial charge in [0, 0.05) is 6.54 Å². The average molecular weight is 233 g/mol. The average Bonchev–Trinajstić information content (AvgIpc) is 2.94. The third-order valence-electron chi connectivity index (χ3n) is 2.81. The number of hydrogen-bond donors (Lipinski definition) is 1. The van der Waals surface area contributed by atoms with E-state index in [1.165, 1.54) is 18.2 Å². The SMILES string of the molecule is Fc1cccc(CNC2(C(F)(F)F)CC2)c1. The normalized spacial score (nSPS) is 18.5. The fraction of sp³-hybridized carbons (Fsp3) is 0.455. The van der Waals surface area contributed by atoms with E-state index in [9.17, 15) is 17.6 Å². The summed E-state index contributed by atoms with van der Waals surface area (Å²) in [5.74, 6) is -0.434. The lowest BCUT2D eigenvalue weighted by molar-refractivity contribution is -0.166. The van der Waals surface area contributed by atoms with Crippen molar-refractivity contribution in [1.82, 2.24) is 5.32 Å². The quantitative estimate of drug-likeness (QED) is 0.791. The molecule has 0 spiro atoms. The molecule has 0 amide bonds. The molecule has 1 aliphatic carbocycles. The number of hydrogen-bond acceptors (Lipinski definition) is 1. The maximum atomic E-state index is 12.8. The van der Waals surface area contributed by atoms with Gasteiger partial charge >= 0.3 is 6.18 Å². The fourth-order valence-electron chi connectivity index (χ4n) is 1.60. The molecule has 1 saturated carbocycles. The summed E-state index contributed by atoms with van der Waals surface area (Å²) in [6, 6.07) is 5.58. The minimum Gasteiger partial charge on any atom is -0.299 e. The van der Waals surface area contributed by atoms with E-state index in [2.05, 4.69) is 5.32 Å². The van der Waals surface area contributed by atoms with Crippen LogP contribution >= 0.6 is 0 Å². The van der Waals surface area contributed by atoms with Crippen LogP contribution in [0.1, 0.15) is 18.4 Å². The van der Waals surface area contributed by atoms with Gasteiger partial charge in [-0.15, -0.1) is 0 Å². The lowest BCUT2D eigenvalue weighted by Crippen LogP contribution is -2.44. The van der Waals surface area contributed by atoms with Crippen molar-refractivity contribution in [3.63, 3.8) is 0 Å². The van der Waals surface area contributed by atoms with Crippen molar-refractivity contribution in [2.75, 3.05) is 0 Å². The first kappa shape index (κ1) is 11.4. The Labute approximate surface area is 90.5 Å². The highest BCUT2D eigenvalue weighted by Gasteiger charge is 2.62. The third kappa shape index (κ3) is 2.19. The molecule has 0 saturated heterocycles. The van der Waals surface area contributed by atoms with Crippen LogP contribution in [0.25, 0.3) is 0 Å². The second-order valence-electron chi connectivity index (χ2n) is 4.06. The van der Waals surface area contributed by atoms with Gasteiger partial charge in [0.2, 0.25) is 0 Å². The van der Waals surface area contributed by atoms with Gasteiger partial charge in [0.05, 0.1) is 0 Å². The summed E-state index contributed by atoms with van der Waals surface area (Å²) in [7, 11) is 0. The molecule has 2 rings (SSSR count). The van der Waals surface area contributed by atoms with Crippen LogP contribution in [0.15, 0.2) is 24.3 Å². The predicted molar refractivity (Wildman–Crippen MR) is 51.3 cm³/mol. The van der Waals surface area contributed by atoms with Crippen molar-refractivity contribution in [1.29, 1.82) is 0 Å². The summed E-state index contributed by atoms with van der Waals surface area (Å²) in [5.41, 5.74) is -1.21. The number of benzene rings is 1. The molecule has 0 atom stereocenters. The zero-order valence-corrected chi connectivity index (χ0v) is 8.44. The summed E-state index contributed by atoms with van der Waals surface area (Å²) < 4.78 is 50.4. The molecule has 16 heavy (non-hydrogen) atoms. The van der Waals surface area contributed by atoms with Crippen LogP contribution in [0, 0.1) is 5.82 Å². The molecule has 1 fully saturated rings. The molecule has 88 valence electrons. The van der Waals surface area contributed by atoms with E-state index in [0.717, 1.165) is 0 Å². The maximum Gasteiger partial charge on any atom is 0.406 e. The van der Waals surface area contributed by atoms with Gasteiger partial charge in [0.25, 0.3) is 0 Å². The Balaban J connectivity index is 1.98. The van der Waals surface area contributed by atoms with Crippen LogP contribution in [0.2, 0.25) is 0 Å². The second kappa shape index (κ2) is 3.73. The molecule has 1 aliphatic rings. The zero-order chi connectivity index (χ0) is 11.8. The molecule has 1 aromatic rings. The Morgan fingerprint density at radius 3 is 2.44 bits per heavy atom. The minimum absolute atomic E-state index is 0.0390. The third-order valence-corrected chi connectivity index (χ3v) is 2.81. The largest absolute Gasteiger partial charge is 0.406 e. The first-order valence-corrected chi connectivity index (χ1v) is 4.99. The van der Waals surface area contributed by atoms with Crippen LogP contribution in [0.3, 0.4) is 0 Å². The highest BCUT2D eigenvalue weighted by Crippen LogP contribution is 2.49. The van der Waals surface area contributed by atoms with E-state index in [1.54, 1.807) is 6.07 Å². The topological polar surface area (TPSA) is 12.0 Å². The Hall–Kier alpha value is -1.10. The molecule has 1 aromatic carbocycles. The summed E-state index contributed by atoms with van der Waals surface area (Å²) in [6.07, 6.45) is -4.02. The van der Waals surface area contributed by atoms with Gasteiger partial charge in [-0.1, -0.05) is 12.1 Å². The molecule has 0 radical (unpaired) electrons. The molecule has 0 unspecified atom stereocenters. The number of alkyl halides is 3. The monoisotopic (exact) mass is 233 g/mol. The smallest absolute Gasteiger partial charge is 0.299 e. The molecular formula is C11H11F4N. The fourth-order valence-corrected chi connectivity index (χ4v) is 1.60. The molecule has 0 bridgehead atoms. The first-order chi connectivity index (χ1) is 7.43. The van der Waals surface area contributed by atoms with E-state index in [0.29, 0.717) is 5.56 Å². The van der Waals surface area contributed by atoms with E-state index in [1.807, 2.05) is 0 Å². The van der Waals surface area contributed by atoms with Gasteiger partial charge in [-0.3, -0.25) is 5.32 Å². The van der Waals surface area contributed by atoms with Crippen molar-refractivity contribution >= 4 is 0 Å². The molecule has 1 nitrogen and oxygen atoms in total. The zero-order valence-electron chi connectivity index (χ0n) is 8.44. The summed E-state index contributed by atoms with van der Waals surface area (Å²) in [4.78, 5) is 0. The summed E-state index contributed by atoms with van der Waals surface area (Å²) in [5, 5.41) is 2.46. The van der Waals surface area contributed by atoms with E-state index in [4.69, 9.17) is 0 Å². The van der Waals surface area contributed by atoms with Gasteiger partial charge in [-0.25, -0.2) is 4.39 Å². The Bertz CT molecular complexity index is 382. The van der Waals surface area contributed by atoms with Gasteiger partial charge in [-0.05, 0) is 30.5 Å². The van der Waals surface area contributed by atoms with Crippen molar-refractivity contribution < 1.29 is 17.6 Å². The van der Waals surface area contributed by atoms with Gasteiger partial charge in [0.1, 0.15) is 11.4 Å². The molecule has 1 N–H and O–H groups in total. The van der Waals surface area contributed by atoms with E-state index in [-0.39, 0.29) is 19.4 Å². The predicted octanol–water partition coefficient (Wildman–Crippen LogP) is 3.01. The van der Waals surface area contributed by atoms with Crippen molar-refractivity contribution in [3.05, 3.63) is 35.6 Å². The Morgan fingerprint density at radius 1 is 1.25 bits per heavy atom. The van der Waals surface area contributed by atoms with Gasteiger partial charge < -0.3 is 0 Å². The Morgan fingerprint density at radius 2 is 1.94 bits per heavy atom. The van der Waals surface area contributed by atoms with Gasteiger partial charge in [-0.2, -0.15) is 13.2 Å². The highest BCUT2D eigenvalue weighted by atomic mass is 19.4.